The highest BCUT2D eigenvalue weighted by Gasteiger charge is 2.37. The Morgan fingerprint density at radius 1 is 1.16 bits per heavy atom. The Hall–Kier alpha value is -2.72. The predicted molar refractivity (Wildman–Crippen MR) is 111 cm³/mol. The number of benzene rings is 1. The number of amides is 1. The van der Waals surface area contributed by atoms with Crippen molar-refractivity contribution >= 4 is 27.7 Å². The molecular weight excluding hydrogens is 477 g/mol. The van der Waals surface area contributed by atoms with Crippen molar-refractivity contribution in [2.45, 2.75) is 24.9 Å². The van der Waals surface area contributed by atoms with Crippen molar-refractivity contribution in [3.05, 3.63) is 70.1 Å². The molecule has 0 radical (unpaired) electrons. The van der Waals surface area contributed by atoms with E-state index in [1.165, 1.54) is 18.3 Å². The van der Waals surface area contributed by atoms with Crippen LogP contribution in [0.5, 0.6) is 0 Å². The number of hydrogen-bond acceptors (Lipinski definition) is 4. The van der Waals surface area contributed by atoms with Gasteiger partial charge in [-0.05, 0) is 49.2 Å². The average Bonchev–Trinajstić information content (AvgIpc) is 3.21. The Morgan fingerprint density at radius 2 is 1.94 bits per heavy atom. The minimum Gasteiger partial charge on any atom is -0.381 e. The smallest absolute Gasteiger partial charge is 0.381 e. The number of carbonyl (C=O) groups excluding carboxylic acids is 1. The molecule has 0 saturated carbocycles. The molecule has 1 amide bonds. The third kappa shape index (κ3) is 4.96. The molecule has 2 aromatic heterocycles. The van der Waals surface area contributed by atoms with Crippen molar-refractivity contribution in [2.24, 2.45) is 0 Å². The molecule has 1 saturated heterocycles. The van der Waals surface area contributed by atoms with Gasteiger partial charge in [-0.25, -0.2) is 9.67 Å². The summed E-state index contributed by atoms with van der Waals surface area (Å²) >= 11 is 3.30. The summed E-state index contributed by atoms with van der Waals surface area (Å²) in [5.74, 6) is -0.231. The second-order valence-corrected chi connectivity index (χ2v) is 8.03. The summed E-state index contributed by atoms with van der Waals surface area (Å²) in [5, 5.41) is 6.86. The minimum atomic E-state index is -4.57. The van der Waals surface area contributed by atoms with E-state index in [1.807, 2.05) is 0 Å². The van der Waals surface area contributed by atoms with Crippen LogP contribution >= 0.6 is 15.9 Å². The molecule has 1 aromatic carbocycles. The molecule has 0 unspecified atom stereocenters. The zero-order chi connectivity index (χ0) is 22.0. The van der Waals surface area contributed by atoms with Crippen molar-refractivity contribution < 1.29 is 22.7 Å². The van der Waals surface area contributed by atoms with Crippen molar-refractivity contribution in [1.82, 2.24) is 14.8 Å². The van der Waals surface area contributed by atoms with Gasteiger partial charge < -0.3 is 10.1 Å². The Kier molecular flexibility index (Phi) is 6.10. The zero-order valence-corrected chi connectivity index (χ0v) is 17.8. The van der Waals surface area contributed by atoms with Crippen molar-refractivity contribution in [2.75, 3.05) is 18.5 Å². The first kappa shape index (κ1) is 21.5. The lowest BCUT2D eigenvalue weighted by Gasteiger charge is -2.19. The molecule has 1 fully saturated rings. The number of anilines is 1. The van der Waals surface area contributed by atoms with Crippen molar-refractivity contribution in [1.29, 1.82) is 0 Å². The second-order valence-electron chi connectivity index (χ2n) is 7.12. The predicted octanol–water partition coefficient (Wildman–Crippen LogP) is 5.19. The first-order chi connectivity index (χ1) is 14.8. The van der Waals surface area contributed by atoms with Gasteiger partial charge in [0.05, 0.1) is 17.6 Å². The molecule has 1 N–H and O–H groups in total. The minimum absolute atomic E-state index is 0.0761. The fourth-order valence-corrected chi connectivity index (χ4v) is 3.79. The average molecular weight is 495 g/mol. The summed E-state index contributed by atoms with van der Waals surface area (Å²) in [7, 11) is 0. The summed E-state index contributed by atoms with van der Waals surface area (Å²) in [6, 6.07) is 10.8. The highest BCUT2D eigenvalue weighted by molar-refractivity contribution is 9.10. The number of rotatable bonds is 4. The van der Waals surface area contributed by atoms with Gasteiger partial charge in [0, 0.05) is 29.2 Å². The summed E-state index contributed by atoms with van der Waals surface area (Å²) in [6.45, 7) is 1.01. The molecular formula is C21H18BrF3N4O2. The van der Waals surface area contributed by atoms with Gasteiger partial charge in [-0.3, -0.25) is 4.79 Å². The van der Waals surface area contributed by atoms with Crippen LogP contribution in [0.25, 0.3) is 5.69 Å². The van der Waals surface area contributed by atoms with E-state index in [2.05, 4.69) is 31.3 Å². The van der Waals surface area contributed by atoms with Gasteiger partial charge in [0.2, 0.25) is 0 Å². The lowest BCUT2D eigenvalue weighted by Crippen LogP contribution is -2.15. The Balaban J connectivity index is 1.58. The summed E-state index contributed by atoms with van der Waals surface area (Å²) < 4.78 is 47.8. The number of nitrogens with zero attached hydrogens (tertiary/aromatic N) is 3. The summed E-state index contributed by atoms with van der Waals surface area (Å²) in [5.41, 5.74) is 0.114. The third-order valence-electron chi connectivity index (χ3n) is 4.98. The molecule has 0 spiro atoms. The van der Waals surface area contributed by atoms with Gasteiger partial charge in [0.25, 0.3) is 5.91 Å². The molecule has 3 aromatic rings. The van der Waals surface area contributed by atoms with Crippen LogP contribution in [0.15, 0.2) is 53.1 Å². The summed E-state index contributed by atoms with van der Waals surface area (Å²) in [4.78, 5) is 16.4. The number of carbonyl (C=O) groups is 1. The molecule has 0 bridgehead atoms. The molecule has 4 rings (SSSR count). The number of nitrogens with one attached hydrogen (secondary N) is 1. The highest BCUT2D eigenvalue weighted by Crippen LogP contribution is 2.35. The maximum atomic E-state index is 13.6. The molecule has 6 nitrogen and oxygen atoms in total. The SMILES string of the molecule is O=C(Nc1ccc(-n2nc(C3CCOCC3)cc2C(F)(F)F)cn1)c1cccc(Br)c1. The van der Waals surface area contributed by atoms with Crippen molar-refractivity contribution in [3.63, 3.8) is 0 Å². The van der Waals surface area contributed by atoms with Crippen LogP contribution in [-0.4, -0.2) is 33.9 Å². The molecule has 1 aliphatic heterocycles. The second kappa shape index (κ2) is 8.80. The van der Waals surface area contributed by atoms with E-state index in [0.29, 0.717) is 37.3 Å². The van der Waals surface area contributed by atoms with Gasteiger partial charge in [-0.15, -0.1) is 0 Å². The van der Waals surface area contributed by atoms with Crippen LogP contribution < -0.4 is 5.32 Å². The van der Waals surface area contributed by atoms with E-state index < -0.39 is 11.9 Å². The van der Waals surface area contributed by atoms with E-state index in [9.17, 15) is 18.0 Å². The van der Waals surface area contributed by atoms with Crippen LogP contribution in [0.4, 0.5) is 19.0 Å². The Bertz CT molecular complexity index is 1080. The van der Waals surface area contributed by atoms with Gasteiger partial charge in [0.15, 0.2) is 0 Å². The largest absolute Gasteiger partial charge is 0.433 e. The number of hydrogen-bond donors (Lipinski definition) is 1. The zero-order valence-electron chi connectivity index (χ0n) is 16.2. The van der Waals surface area contributed by atoms with E-state index >= 15 is 0 Å². The molecule has 31 heavy (non-hydrogen) atoms. The van der Waals surface area contributed by atoms with Crippen LogP contribution in [0.2, 0.25) is 0 Å². The number of pyridine rings is 1. The monoisotopic (exact) mass is 494 g/mol. The van der Waals surface area contributed by atoms with E-state index in [1.54, 1.807) is 24.3 Å². The maximum Gasteiger partial charge on any atom is 0.433 e. The lowest BCUT2D eigenvalue weighted by atomic mass is 9.96. The van der Waals surface area contributed by atoms with E-state index in [4.69, 9.17) is 4.74 Å². The Morgan fingerprint density at radius 3 is 2.58 bits per heavy atom. The molecule has 3 heterocycles. The number of halogens is 4. The first-order valence-electron chi connectivity index (χ1n) is 9.59. The van der Waals surface area contributed by atoms with Crippen molar-refractivity contribution in [3.8, 4) is 5.69 Å². The van der Waals surface area contributed by atoms with E-state index in [-0.39, 0.29) is 23.3 Å². The number of aromatic nitrogens is 3. The molecule has 0 aliphatic carbocycles. The van der Waals surface area contributed by atoms with Crippen LogP contribution in [-0.2, 0) is 10.9 Å². The maximum absolute atomic E-state index is 13.6. The summed E-state index contributed by atoms with van der Waals surface area (Å²) in [6.07, 6.45) is -2.04. The standard InChI is InChI=1S/C21H18BrF3N4O2/c22-15-3-1-2-14(10-15)20(30)27-19-5-4-16(12-26-19)29-18(21(23,24)25)11-17(28-29)13-6-8-31-9-7-13/h1-5,10-13H,6-9H2,(H,26,27,30). The van der Waals surface area contributed by atoms with Gasteiger partial charge >= 0.3 is 6.18 Å². The van der Waals surface area contributed by atoms with Crippen LogP contribution in [0.1, 0.15) is 40.5 Å². The van der Waals surface area contributed by atoms with E-state index in [0.717, 1.165) is 15.2 Å². The van der Waals surface area contributed by atoms with Gasteiger partial charge in [-0.2, -0.15) is 18.3 Å². The number of alkyl halides is 3. The quantitative estimate of drug-likeness (QED) is 0.541. The highest BCUT2D eigenvalue weighted by atomic mass is 79.9. The molecule has 1 aliphatic rings. The third-order valence-corrected chi connectivity index (χ3v) is 5.47. The normalized spacial score (nSPS) is 15.1. The van der Waals surface area contributed by atoms with Crippen LogP contribution in [0.3, 0.4) is 0 Å². The topological polar surface area (TPSA) is 69.0 Å². The number of ether oxygens (including phenoxy) is 1. The lowest BCUT2D eigenvalue weighted by molar-refractivity contribution is -0.142. The van der Waals surface area contributed by atoms with Gasteiger partial charge in [-0.1, -0.05) is 22.0 Å². The molecule has 162 valence electrons. The first-order valence-corrected chi connectivity index (χ1v) is 10.4. The van der Waals surface area contributed by atoms with Gasteiger partial charge in [0.1, 0.15) is 11.5 Å². The molecule has 0 atom stereocenters. The fraction of sp³-hybridized carbons (Fsp3) is 0.286. The fourth-order valence-electron chi connectivity index (χ4n) is 3.39. The van der Waals surface area contributed by atoms with Crippen LogP contribution in [0, 0.1) is 0 Å². The Labute approximate surface area is 184 Å². The molecule has 10 heteroatoms.